The number of nitrogens with one attached hydrogen (secondary N) is 1. The van der Waals surface area contributed by atoms with Gasteiger partial charge in [-0.1, -0.05) is 12.1 Å². The minimum atomic E-state index is 0.0786. The van der Waals surface area contributed by atoms with Crippen LogP contribution in [0.15, 0.2) is 24.3 Å². The lowest BCUT2D eigenvalue weighted by molar-refractivity contribution is -0.123. The van der Waals surface area contributed by atoms with Crippen molar-refractivity contribution in [3.63, 3.8) is 0 Å². The van der Waals surface area contributed by atoms with Crippen molar-refractivity contribution in [2.75, 3.05) is 24.6 Å². The molecule has 1 fully saturated rings. The number of para-hydroxylation sites is 2. The molecule has 2 atom stereocenters. The van der Waals surface area contributed by atoms with Gasteiger partial charge in [-0.2, -0.15) is 0 Å². The van der Waals surface area contributed by atoms with Gasteiger partial charge in [0, 0.05) is 12.6 Å². The van der Waals surface area contributed by atoms with E-state index in [1.165, 1.54) is 0 Å². The van der Waals surface area contributed by atoms with Crippen LogP contribution in [0.5, 0.6) is 5.75 Å². The Morgan fingerprint density at radius 2 is 2.20 bits per heavy atom. The third kappa shape index (κ3) is 2.52. The molecule has 1 N–H and O–H groups in total. The van der Waals surface area contributed by atoms with E-state index in [0.717, 1.165) is 43.8 Å². The fraction of sp³-hybridized carbons (Fsp3) is 0.562. The van der Waals surface area contributed by atoms with E-state index in [9.17, 15) is 4.79 Å². The molecule has 4 heteroatoms. The molecule has 2 aliphatic rings. The molecule has 0 radical (unpaired) electrons. The third-order valence-electron chi connectivity index (χ3n) is 4.28. The molecule has 1 amide bonds. The van der Waals surface area contributed by atoms with Crippen LogP contribution in [0.3, 0.4) is 0 Å². The Morgan fingerprint density at radius 3 is 3.05 bits per heavy atom. The molecule has 20 heavy (non-hydrogen) atoms. The van der Waals surface area contributed by atoms with Crippen molar-refractivity contribution >= 4 is 11.6 Å². The van der Waals surface area contributed by atoms with Crippen LogP contribution in [-0.4, -0.2) is 31.6 Å². The molecule has 1 aromatic carbocycles. The number of nitrogens with zero attached hydrogens (tertiary/aromatic N) is 1. The van der Waals surface area contributed by atoms with Crippen LogP contribution in [-0.2, 0) is 4.79 Å². The van der Waals surface area contributed by atoms with Gasteiger partial charge < -0.3 is 15.0 Å². The average Bonchev–Trinajstić information content (AvgIpc) is 2.69. The van der Waals surface area contributed by atoms with Gasteiger partial charge in [0.1, 0.15) is 5.75 Å². The molecule has 1 aromatic rings. The lowest BCUT2D eigenvalue weighted by Crippen LogP contribution is -2.48. The van der Waals surface area contributed by atoms with Gasteiger partial charge in [0.25, 0.3) is 0 Å². The van der Waals surface area contributed by atoms with E-state index in [1.807, 2.05) is 29.2 Å². The highest BCUT2D eigenvalue weighted by Gasteiger charge is 2.33. The third-order valence-corrected chi connectivity index (χ3v) is 4.28. The lowest BCUT2D eigenvalue weighted by atomic mass is 9.90. The lowest BCUT2D eigenvalue weighted by Gasteiger charge is -2.33. The van der Waals surface area contributed by atoms with Crippen LogP contribution in [0.2, 0.25) is 0 Å². The van der Waals surface area contributed by atoms with Crippen molar-refractivity contribution in [2.45, 2.75) is 32.2 Å². The van der Waals surface area contributed by atoms with Crippen molar-refractivity contribution in [1.29, 1.82) is 0 Å². The molecule has 3 rings (SSSR count). The fourth-order valence-electron chi connectivity index (χ4n) is 3.14. The van der Waals surface area contributed by atoms with Gasteiger partial charge in [-0.15, -0.1) is 0 Å². The van der Waals surface area contributed by atoms with E-state index in [1.54, 1.807) is 0 Å². The number of anilines is 1. The van der Waals surface area contributed by atoms with Gasteiger partial charge in [-0.05, 0) is 44.9 Å². The van der Waals surface area contributed by atoms with Gasteiger partial charge in [0.2, 0.25) is 5.91 Å². The second-order valence-electron chi connectivity index (χ2n) is 5.65. The summed E-state index contributed by atoms with van der Waals surface area (Å²) in [5.41, 5.74) is 0.924. The number of hydrogen-bond donors (Lipinski definition) is 1. The van der Waals surface area contributed by atoms with Gasteiger partial charge in [-0.3, -0.25) is 4.79 Å². The molecule has 1 saturated heterocycles. The maximum Gasteiger partial charge on any atom is 0.231 e. The Morgan fingerprint density at radius 1 is 1.35 bits per heavy atom. The topological polar surface area (TPSA) is 41.6 Å². The highest BCUT2D eigenvalue weighted by Crippen LogP contribution is 2.32. The maximum atomic E-state index is 12.9. The first-order chi connectivity index (χ1) is 9.77. The molecule has 2 heterocycles. The number of ether oxygens (including phenoxy) is 1. The summed E-state index contributed by atoms with van der Waals surface area (Å²) in [6, 6.07) is 8.12. The minimum absolute atomic E-state index is 0.0786. The first-order valence-corrected chi connectivity index (χ1v) is 7.54. The van der Waals surface area contributed by atoms with Crippen LogP contribution in [0, 0.1) is 5.92 Å². The summed E-state index contributed by atoms with van der Waals surface area (Å²) < 4.78 is 5.73. The largest absolute Gasteiger partial charge is 0.491 e. The van der Waals surface area contributed by atoms with E-state index in [4.69, 9.17) is 4.74 Å². The summed E-state index contributed by atoms with van der Waals surface area (Å²) in [6.45, 7) is 4.56. The summed E-state index contributed by atoms with van der Waals surface area (Å²) in [5.74, 6) is 1.15. The van der Waals surface area contributed by atoms with Crippen LogP contribution >= 0.6 is 0 Å². The number of carbonyl (C=O) groups excluding carboxylic acids is 1. The van der Waals surface area contributed by atoms with Crippen molar-refractivity contribution < 1.29 is 9.53 Å². The Labute approximate surface area is 120 Å². The zero-order valence-electron chi connectivity index (χ0n) is 12.0. The van der Waals surface area contributed by atoms with E-state index < -0.39 is 0 Å². The first-order valence-electron chi connectivity index (χ1n) is 7.54. The van der Waals surface area contributed by atoms with Crippen molar-refractivity contribution in [3.05, 3.63) is 24.3 Å². The smallest absolute Gasteiger partial charge is 0.231 e. The van der Waals surface area contributed by atoms with Crippen LogP contribution in [0.25, 0.3) is 0 Å². The van der Waals surface area contributed by atoms with Crippen molar-refractivity contribution in [2.24, 2.45) is 5.92 Å². The monoisotopic (exact) mass is 274 g/mol. The SMILES string of the molecule is CC1NCCCC1C(=O)N1CCCOc2ccccc21. The Kier molecular flexibility index (Phi) is 3.92. The standard InChI is InChI=1S/C16H22N2O2/c1-12-13(6-4-9-17-12)16(19)18-10-5-11-20-15-8-3-2-7-14(15)18/h2-3,7-8,12-13,17H,4-6,9-11H2,1H3. The highest BCUT2D eigenvalue weighted by molar-refractivity contribution is 5.97. The fourth-order valence-corrected chi connectivity index (χ4v) is 3.14. The van der Waals surface area contributed by atoms with E-state index in [0.29, 0.717) is 6.61 Å². The van der Waals surface area contributed by atoms with Crippen molar-refractivity contribution in [3.8, 4) is 5.75 Å². The zero-order chi connectivity index (χ0) is 13.9. The van der Waals surface area contributed by atoms with Crippen molar-refractivity contribution in [1.82, 2.24) is 5.32 Å². The second-order valence-corrected chi connectivity index (χ2v) is 5.65. The van der Waals surface area contributed by atoms with E-state index in [-0.39, 0.29) is 17.9 Å². The summed E-state index contributed by atoms with van der Waals surface area (Å²) >= 11 is 0. The first kappa shape index (κ1) is 13.4. The maximum absolute atomic E-state index is 12.9. The van der Waals surface area contributed by atoms with Gasteiger partial charge in [0.05, 0.1) is 18.2 Å². The highest BCUT2D eigenvalue weighted by atomic mass is 16.5. The summed E-state index contributed by atoms with van der Waals surface area (Å²) in [7, 11) is 0. The molecule has 0 bridgehead atoms. The molecule has 0 aliphatic carbocycles. The molecule has 2 unspecified atom stereocenters. The molecule has 2 aliphatic heterocycles. The average molecular weight is 274 g/mol. The van der Waals surface area contributed by atoms with Crippen LogP contribution in [0.4, 0.5) is 5.69 Å². The number of carbonyl (C=O) groups is 1. The van der Waals surface area contributed by atoms with Gasteiger partial charge in [0.15, 0.2) is 0 Å². The Hall–Kier alpha value is -1.55. The van der Waals surface area contributed by atoms with Gasteiger partial charge >= 0.3 is 0 Å². The molecule has 4 nitrogen and oxygen atoms in total. The molecule has 0 aromatic heterocycles. The van der Waals surface area contributed by atoms with E-state index >= 15 is 0 Å². The molecule has 0 spiro atoms. The zero-order valence-corrected chi connectivity index (χ0v) is 12.0. The number of amides is 1. The predicted molar refractivity (Wildman–Crippen MR) is 79.1 cm³/mol. The van der Waals surface area contributed by atoms with Crippen LogP contribution < -0.4 is 15.0 Å². The summed E-state index contributed by atoms with van der Waals surface area (Å²) in [4.78, 5) is 14.8. The quantitative estimate of drug-likeness (QED) is 0.853. The predicted octanol–water partition coefficient (Wildman–Crippen LogP) is 2.19. The summed E-state index contributed by atoms with van der Waals surface area (Å²) in [6.07, 6.45) is 2.94. The Balaban J connectivity index is 1.87. The Bertz CT molecular complexity index is 489. The molecule has 0 saturated carbocycles. The van der Waals surface area contributed by atoms with Gasteiger partial charge in [-0.25, -0.2) is 0 Å². The minimum Gasteiger partial charge on any atom is -0.491 e. The summed E-state index contributed by atoms with van der Waals surface area (Å²) in [5, 5.41) is 3.41. The number of benzene rings is 1. The van der Waals surface area contributed by atoms with Crippen LogP contribution in [0.1, 0.15) is 26.2 Å². The number of fused-ring (bicyclic) bond motifs is 1. The number of rotatable bonds is 1. The normalized spacial score (nSPS) is 26.4. The molecular formula is C16H22N2O2. The number of piperidine rings is 1. The molecular weight excluding hydrogens is 252 g/mol. The van der Waals surface area contributed by atoms with E-state index in [2.05, 4.69) is 12.2 Å². The molecule has 108 valence electrons. The number of hydrogen-bond acceptors (Lipinski definition) is 3. The second kappa shape index (κ2) is 5.83.